The zero-order valence-corrected chi connectivity index (χ0v) is 17.6. The molecule has 2 amide bonds. The Morgan fingerprint density at radius 2 is 1.86 bits per heavy atom. The first kappa shape index (κ1) is 20.9. The number of hydrogen-bond acceptors (Lipinski definition) is 6. The molecule has 0 atom stereocenters. The van der Waals surface area contributed by atoms with Crippen molar-refractivity contribution in [3.8, 4) is 11.5 Å². The molecule has 3 rings (SSSR count). The van der Waals surface area contributed by atoms with Gasteiger partial charge < -0.3 is 14.8 Å². The highest BCUT2D eigenvalue weighted by Crippen LogP contribution is 2.34. The second-order valence-corrected chi connectivity index (χ2v) is 7.82. The van der Waals surface area contributed by atoms with Gasteiger partial charge in [-0.05, 0) is 29.3 Å². The van der Waals surface area contributed by atoms with Gasteiger partial charge in [-0.2, -0.15) is 0 Å². The number of carbonyl (C=O) groups excluding carboxylic acids is 2. The number of nitrogens with one attached hydrogen (secondary N) is 1. The fraction of sp³-hybridized carbons (Fsp3) is 0.190. The SMILES string of the molecule is COc1ccc(/C=C2\SC(=S)N(CC(=O)NCc3ccccc3)C2=O)cc1OC. The Morgan fingerprint density at radius 3 is 2.55 bits per heavy atom. The molecule has 0 unspecified atom stereocenters. The van der Waals surface area contributed by atoms with E-state index in [4.69, 9.17) is 21.7 Å². The minimum atomic E-state index is -0.287. The molecule has 2 aromatic rings. The van der Waals surface area contributed by atoms with E-state index in [-0.39, 0.29) is 18.4 Å². The van der Waals surface area contributed by atoms with Crippen molar-refractivity contribution in [1.29, 1.82) is 0 Å². The largest absolute Gasteiger partial charge is 0.493 e. The summed E-state index contributed by atoms with van der Waals surface area (Å²) < 4.78 is 10.9. The molecule has 1 N–H and O–H groups in total. The molecule has 0 aromatic heterocycles. The molecule has 29 heavy (non-hydrogen) atoms. The van der Waals surface area contributed by atoms with Crippen molar-refractivity contribution < 1.29 is 19.1 Å². The summed E-state index contributed by atoms with van der Waals surface area (Å²) >= 11 is 6.47. The Kier molecular flexibility index (Phi) is 6.90. The minimum absolute atomic E-state index is 0.110. The van der Waals surface area contributed by atoms with Gasteiger partial charge in [0.1, 0.15) is 10.9 Å². The molecule has 0 aliphatic carbocycles. The van der Waals surface area contributed by atoms with Crippen LogP contribution in [0.3, 0.4) is 0 Å². The van der Waals surface area contributed by atoms with Gasteiger partial charge >= 0.3 is 0 Å². The Balaban J connectivity index is 1.66. The van der Waals surface area contributed by atoms with E-state index in [2.05, 4.69) is 5.32 Å². The summed E-state index contributed by atoms with van der Waals surface area (Å²) in [4.78, 5) is 26.7. The summed E-state index contributed by atoms with van der Waals surface area (Å²) in [6.07, 6.45) is 1.73. The van der Waals surface area contributed by atoms with Crippen molar-refractivity contribution in [3.05, 3.63) is 64.6 Å². The molecule has 6 nitrogen and oxygen atoms in total. The number of thioether (sulfide) groups is 1. The van der Waals surface area contributed by atoms with Crippen LogP contribution >= 0.6 is 24.0 Å². The van der Waals surface area contributed by atoms with Crippen molar-refractivity contribution in [2.75, 3.05) is 20.8 Å². The number of ether oxygens (including phenoxy) is 2. The average molecular weight is 429 g/mol. The maximum Gasteiger partial charge on any atom is 0.266 e. The number of amides is 2. The van der Waals surface area contributed by atoms with Gasteiger partial charge in [-0.25, -0.2) is 0 Å². The van der Waals surface area contributed by atoms with E-state index < -0.39 is 0 Å². The number of rotatable bonds is 7. The third-order valence-electron chi connectivity index (χ3n) is 4.21. The number of methoxy groups -OCH3 is 2. The van der Waals surface area contributed by atoms with Crippen LogP contribution in [0.5, 0.6) is 11.5 Å². The minimum Gasteiger partial charge on any atom is -0.493 e. The second kappa shape index (κ2) is 9.58. The number of carbonyl (C=O) groups is 2. The van der Waals surface area contributed by atoms with E-state index in [0.717, 1.165) is 11.1 Å². The molecule has 0 spiro atoms. The fourth-order valence-electron chi connectivity index (χ4n) is 2.73. The lowest BCUT2D eigenvalue weighted by molar-refractivity contribution is -0.128. The van der Waals surface area contributed by atoms with E-state index in [1.165, 1.54) is 16.7 Å². The van der Waals surface area contributed by atoms with E-state index in [1.54, 1.807) is 32.4 Å². The van der Waals surface area contributed by atoms with Gasteiger partial charge in [0.15, 0.2) is 11.5 Å². The van der Waals surface area contributed by atoms with Crippen LogP contribution in [0, 0.1) is 0 Å². The van der Waals surface area contributed by atoms with Crippen LogP contribution in [-0.2, 0) is 16.1 Å². The highest BCUT2D eigenvalue weighted by atomic mass is 32.2. The Morgan fingerprint density at radius 1 is 1.14 bits per heavy atom. The zero-order chi connectivity index (χ0) is 20.8. The van der Waals surface area contributed by atoms with E-state index in [1.807, 2.05) is 36.4 Å². The van der Waals surface area contributed by atoms with Gasteiger partial charge in [0.2, 0.25) is 5.91 Å². The Bertz CT molecular complexity index is 960. The molecule has 2 aromatic carbocycles. The fourth-order valence-corrected chi connectivity index (χ4v) is 3.98. The van der Waals surface area contributed by atoms with Crippen molar-refractivity contribution in [1.82, 2.24) is 10.2 Å². The summed E-state index contributed by atoms with van der Waals surface area (Å²) in [7, 11) is 3.11. The predicted molar refractivity (Wildman–Crippen MR) is 118 cm³/mol. The van der Waals surface area contributed by atoms with Crippen LogP contribution in [0.1, 0.15) is 11.1 Å². The molecule has 0 saturated carbocycles. The number of nitrogens with zero attached hydrogens (tertiary/aromatic N) is 1. The van der Waals surface area contributed by atoms with Crippen LogP contribution < -0.4 is 14.8 Å². The molecular formula is C21H20N2O4S2. The summed E-state index contributed by atoms with van der Waals surface area (Å²) in [6.45, 7) is 0.288. The van der Waals surface area contributed by atoms with Gasteiger partial charge in [-0.3, -0.25) is 14.5 Å². The smallest absolute Gasteiger partial charge is 0.266 e. The lowest BCUT2D eigenvalue weighted by atomic mass is 10.2. The van der Waals surface area contributed by atoms with Crippen LogP contribution in [0.4, 0.5) is 0 Å². The van der Waals surface area contributed by atoms with Gasteiger partial charge in [-0.15, -0.1) is 0 Å². The van der Waals surface area contributed by atoms with E-state index in [9.17, 15) is 9.59 Å². The summed E-state index contributed by atoms with van der Waals surface area (Å²) in [5, 5.41) is 2.81. The highest BCUT2D eigenvalue weighted by molar-refractivity contribution is 8.26. The Labute approximate surface area is 178 Å². The normalized spacial score (nSPS) is 15.0. The molecule has 1 heterocycles. The summed E-state index contributed by atoms with van der Waals surface area (Å²) in [5.74, 6) is 0.617. The van der Waals surface area contributed by atoms with Gasteiger partial charge in [0.25, 0.3) is 5.91 Å². The molecule has 150 valence electrons. The molecule has 1 fully saturated rings. The summed E-state index contributed by atoms with van der Waals surface area (Å²) in [6, 6.07) is 14.9. The van der Waals surface area contributed by atoms with Crippen molar-refractivity contribution >= 4 is 46.2 Å². The topological polar surface area (TPSA) is 67.9 Å². The maximum absolute atomic E-state index is 12.7. The quantitative estimate of drug-likeness (QED) is 0.540. The number of benzene rings is 2. The van der Waals surface area contributed by atoms with Crippen LogP contribution in [0.25, 0.3) is 6.08 Å². The molecule has 1 saturated heterocycles. The van der Waals surface area contributed by atoms with Crippen molar-refractivity contribution in [2.24, 2.45) is 0 Å². The summed E-state index contributed by atoms with van der Waals surface area (Å²) in [5.41, 5.74) is 1.76. The molecule has 1 aliphatic heterocycles. The molecule has 0 bridgehead atoms. The monoisotopic (exact) mass is 428 g/mol. The molecule has 1 aliphatic rings. The first-order chi connectivity index (χ1) is 14.0. The first-order valence-corrected chi connectivity index (χ1v) is 10.0. The Hall–Kier alpha value is -2.84. The third kappa shape index (κ3) is 5.16. The van der Waals surface area contributed by atoms with Crippen molar-refractivity contribution in [3.63, 3.8) is 0 Å². The van der Waals surface area contributed by atoms with E-state index in [0.29, 0.717) is 27.3 Å². The zero-order valence-electron chi connectivity index (χ0n) is 16.0. The van der Waals surface area contributed by atoms with Crippen LogP contribution in [-0.4, -0.2) is 41.8 Å². The standard InChI is InChI=1S/C21H20N2O4S2/c1-26-16-9-8-15(10-17(16)27-2)11-18-20(25)23(21(28)29-18)13-19(24)22-12-14-6-4-3-5-7-14/h3-11H,12-13H2,1-2H3,(H,22,24)/b18-11-. The van der Waals surface area contributed by atoms with Gasteiger partial charge in [-0.1, -0.05) is 60.4 Å². The highest BCUT2D eigenvalue weighted by Gasteiger charge is 2.33. The lowest BCUT2D eigenvalue weighted by Crippen LogP contribution is -2.39. The molecular weight excluding hydrogens is 408 g/mol. The van der Waals surface area contributed by atoms with Crippen LogP contribution in [0.2, 0.25) is 0 Å². The molecule has 8 heteroatoms. The predicted octanol–water partition coefficient (Wildman–Crippen LogP) is 3.22. The third-order valence-corrected chi connectivity index (χ3v) is 5.59. The van der Waals surface area contributed by atoms with Crippen molar-refractivity contribution in [2.45, 2.75) is 6.54 Å². The first-order valence-electron chi connectivity index (χ1n) is 8.80. The van der Waals surface area contributed by atoms with Crippen LogP contribution in [0.15, 0.2) is 53.4 Å². The molecule has 0 radical (unpaired) electrons. The maximum atomic E-state index is 12.7. The lowest BCUT2D eigenvalue weighted by Gasteiger charge is -2.14. The van der Waals surface area contributed by atoms with Gasteiger partial charge in [0.05, 0.1) is 19.1 Å². The average Bonchev–Trinajstić information content (AvgIpc) is 3.00. The second-order valence-electron chi connectivity index (χ2n) is 6.14. The van der Waals surface area contributed by atoms with E-state index >= 15 is 0 Å². The number of thiocarbonyl (C=S) groups is 1. The van der Waals surface area contributed by atoms with Gasteiger partial charge in [0, 0.05) is 6.54 Å². The number of hydrogen-bond donors (Lipinski definition) is 1.